The zero-order valence-electron chi connectivity index (χ0n) is 24.5. The molecule has 0 aliphatic rings. The molecule has 4 heterocycles. The third kappa shape index (κ3) is 8.04. The molecule has 0 amide bonds. The van der Waals surface area contributed by atoms with Crippen LogP contribution in [0.3, 0.4) is 0 Å². The Kier molecular flexibility index (Phi) is 9.63. The molecule has 0 saturated carbocycles. The summed E-state index contributed by atoms with van der Waals surface area (Å²) in [4.78, 5) is 28.4. The maximum atomic E-state index is 12.9. The largest absolute Gasteiger partial charge is 0.416 e. The van der Waals surface area contributed by atoms with E-state index in [0.717, 1.165) is 59.7 Å². The maximum Gasteiger partial charge on any atom is 0.416 e. The van der Waals surface area contributed by atoms with Crippen molar-refractivity contribution >= 4 is 88.3 Å². The Morgan fingerprint density at radius 2 is 1.14 bits per heavy atom. The molecule has 16 heteroatoms. The fourth-order valence-electron chi connectivity index (χ4n) is 4.55. The number of aldehydes is 1. The SMILES string of the molecule is FC(F)(F)c1cccc(Nc2ncnc3cc(Br)sc23)c1.O=Cc1ccc(-c2cc3ncnc(Nc4cccc(C(F)(F)F)c4)c3s2)cc1. The number of thiophene rings is 2. The van der Waals surface area contributed by atoms with Gasteiger partial charge in [0.25, 0.3) is 0 Å². The monoisotopic (exact) mass is 772 g/mol. The van der Waals surface area contributed by atoms with Crippen molar-refractivity contribution in [3.63, 3.8) is 0 Å². The van der Waals surface area contributed by atoms with Gasteiger partial charge in [0.1, 0.15) is 18.9 Å². The van der Waals surface area contributed by atoms with E-state index in [1.54, 1.807) is 24.3 Å². The van der Waals surface area contributed by atoms with Gasteiger partial charge in [-0.25, -0.2) is 19.9 Å². The van der Waals surface area contributed by atoms with Crippen LogP contribution in [0.4, 0.5) is 49.4 Å². The number of fused-ring (bicyclic) bond motifs is 2. The van der Waals surface area contributed by atoms with E-state index in [9.17, 15) is 31.1 Å². The van der Waals surface area contributed by atoms with Crippen LogP contribution in [0.25, 0.3) is 30.9 Å². The molecule has 0 aliphatic carbocycles. The van der Waals surface area contributed by atoms with Gasteiger partial charge >= 0.3 is 12.4 Å². The highest BCUT2D eigenvalue weighted by Crippen LogP contribution is 2.38. The molecule has 0 unspecified atom stereocenters. The molecular weight excluding hydrogens is 754 g/mol. The maximum absolute atomic E-state index is 12.9. The van der Waals surface area contributed by atoms with Crippen molar-refractivity contribution in [1.82, 2.24) is 19.9 Å². The van der Waals surface area contributed by atoms with Gasteiger partial charge < -0.3 is 10.6 Å². The van der Waals surface area contributed by atoms with Crippen LogP contribution in [0.2, 0.25) is 0 Å². The number of hydrogen-bond acceptors (Lipinski definition) is 9. The zero-order valence-corrected chi connectivity index (χ0v) is 27.7. The molecule has 7 aromatic rings. The number of hydrogen-bond donors (Lipinski definition) is 2. The van der Waals surface area contributed by atoms with Gasteiger partial charge in [-0.1, -0.05) is 36.4 Å². The highest BCUT2D eigenvalue weighted by Gasteiger charge is 2.31. The molecular formula is C33H19BrF6N6OS2. The molecule has 0 saturated heterocycles. The van der Waals surface area contributed by atoms with E-state index >= 15 is 0 Å². The quantitative estimate of drug-likeness (QED) is 0.128. The summed E-state index contributed by atoms with van der Waals surface area (Å²) in [6.45, 7) is 0. The number of carbonyl (C=O) groups is 1. The van der Waals surface area contributed by atoms with E-state index in [2.05, 4.69) is 46.5 Å². The van der Waals surface area contributed by atoms with Crippen LogP contribution >= 0.6 is 38.6 Å². The number of benzene rings is 3. The number of alkyl halides is 6. The summed E-state index contributed by atoms with van der Waals surface area (Å²) in [6, 6.07) is 20.8. The molecule has 7 nitrogen and oxygen atoms in total. The van der Waals surface area contributed by atoms with Crippen LogP contribution in [0.15, 0.2) is 101 Å². The summed E-state index contributed by atoms with van der Waals surface area (Å²) in [5.74, 6) is 0.917. The van der Waals surface area contributed by atoms with Crippen LogP contribution in [-0.2, 0) is 12.4 Å². The number of carbonyl (C=O) groups excluding carboxylic acids is 1. The van der Waals surface area contributed by atoms with Gasteiger partial charge in [0.2, 0.25) is 0 Å². The lowest BCUT2D eigenvalue weighted by Crippen LogP contribution is -2.05. The highest BCUT2D eigenvalue weighted by molar-refractivity contribution is 9.11. The predicted molar refractivity (Wildman–Crippen MR) is 183 cm³/mol. The van der Waals surface area contributed by atoms with E-state index in [1.807, 2.05) is 24.3 Å². The molecule has 4 aromatic heterocycles. The summed E-state index contributed by atoms with van der Waals surface area (Å²) in [7, 11) is 0. The third-order valence-electron chi connectivity index (χ3n) is 6.83. The van der Waals surface area contributed by atoms with Crippen LogP contribution < -0.4 is 10.6 Å². The number of anilines is 4. The van der Waals surface area contributed by atoms with E-state index in [4.69, 9.17) is 0 Å². The first-order chi connectivity index (χ1) is 23.4. The molecule has 0 bridgehead atoms. The van der Waals surface area contributed by atoms with E-state index in [0.29, 0.717) is 34.1 Å². The molecule has 0 aliphatic heterocycles. The molecule has 0 radical (unpaired) electrons. The van der Waals surface area contributed by atoms with Crippen molar-refractivity contribution in [1.29, 1.82) is 0 Å². The van der Waals surface area contributed by atoms with Crippen LogP contribution in [-0.4, -0.2) is 26.2 Å². The summed E-state index contributed by atoms with van der Waals surface area (Å²) < 4.78 is 79.3. The lowest BCUT2D eigenvalue weighted by molar-refractivity contribution is -0.138. The first kappa shape index (κ1) is 34.0. The molecule has 7 rings (SSSR count). The fraction of sp³-hybridized carbons (Fsp3) is 0.0606. The predicted octanol–water partition coefficient (Wildman–Crippen LogP) is 11.1. The fourth-order valence-corrected chi connectivity index (χ4v) is 7.09. The van der Waals surface area contributed by atoms with Gasteiger partial charge in [-0.05, 0) is 70.0 Å². The van der Waals surface area contributed by atoms with Gasteiger partial charge in [-0.3, -0.25) is 4.79 Å². The first-order valence-corrected chi connectivity index (χ1v) is 16.4. The molecule has 0 spiro atoms. The summed E-state index contributed by atoms with van der Waals surface area (Å²) >= 11 is 6.19. The van der Waals surface area contributed by atoms with Crippen molar-refractivity contribution in [2.45, 2.75) is 12.4 Å². The van der Waals surface area contributed by atoms with Crippen LogP contribution in [0.1, 0.15) is 21.5 Å². The van der Waals surface area contributed by atoms with Gasteiger partial charge in [0, 0.05) is 21.8 Å². The second kappa shape index (κ2) is 13.9. The number of nitrogens with zero attached hydrogens (tertiary/aromatic N) is 4. The molecule has 3 aromatic carbocycles. The van der Waals surface area contributed by atoms with Crippen molar-refractivity contribution in [2.24, 2.45) is 0 Å². The van der Waals surface area contributed by atoms with Crippen molar-refractivity contribution < 1.29 is 31.1 Å². The Morgan fingerprint density at radius 3 is 1.65 bits per heavy atom. The van der Waals surface area contributed by atoms with Crippen molar-refractivity contribution in [3.05, 3.63) is 118 Å². The molecule has 0 atom stereocenters. The average molecular weight is 774 g/mol. The number of rotatable bonds is 6. The Labute approximate surface area is 289 Å². The van der Waals surface area contributed by atoms with Gasteiger partial charge in [0.05, 0.1) is 35.3 Å². The normalized spacial score (nSPS) is 11.7. The standard InChI is InChI=1S/C20H12F3N3OS.C13H7BrF3N3S/c21-20(22,23)14-2-1-3-15(8-14)26-19-18-16(24-11-25-19)9-17(28-18)13-6-4-12(10-27)5-7-13;14-10-5-9-11(21-10)12(19-6-18-9)20-8-3-1-2-7(4-8)13(15,16)17/h1-11H,(H,24,25,26);1-6H,(H,18,19,20). The summed E-state index contributed by atoms with van der Waals surface area (Å²) in [6.07, 6.45) is -5.27. The summed E-state index contributed by atoms with van der Waals surface area (Å²) in [5, 5.41) is 5.87. The lowest BCUT2D eigenvalue weighted by atomic mass is 10.1. The minimum atomic E-state index is -4.41. The smallest absolute Gasteiger partial charge is 0.339 e. The number of aromatic nitrogens is 4. The van der Waals surface area contributed by atoms with Gasteiger partial charge in [0.15, 0.2) is 11.6 Å². The van der Waals surface area contributed by atoms with E-state index in [1.165, 1.54) is 47.5 Å². The topological polar surface area (TPSA) is 92.7 Å². The minimum Gasteiger partial charge on any atom is -0.339 e. The molecule has 49 heavy (non-hydrogen) atoms. The number of halogens is 7. The van der Waals surface area contributed by atoms with E-state index < -0.39 is 23.5 Å². The zero-order chi connectivity index (χ0) is 34.8. The Hall–Kier alpha value is -4.93. The first-order valence-electron chi connectivity index (χ1n) is 14.0. The molecule has 0 fully saturated rings. The second-order valence-corrected chi connectivity index (χ2v) is 13.7. The third-order valence-corrected chi connectivity index (χ3v) is 9.64. The second-order valence-electron chi connectivity index (χ2n) is 10.2. The van der Waals surface area contributed by atoms with Crippen LogP contribution in [0, 0.1) is 0 Å². The van der Waals surface area contributed by atoms with Crippen LogP contribution in [0.5, 0.6) is 0 Å². The van der Waals surface area contributed by atoms with Gasteiger partial charge in [-0.2, -0.15) is 26.3 Å². The Balaban J connectivity index is 0.000000177. The molecule has 2 N–H and O–H groups in total. The molecule has 248 valence electrons. The van der Waals surface area contributed by atoms with E-state index in [-0.39, 0.29) is 0 Å². The Bertz CT molecular complexity index is 2270. The lowest BCUT2D eigenvalue weighted by Gasteiger charge is -2.10. The highest BCUT2D eigenvalue weighted by atomic mass is 79.9. The van der Waals surface area contributed by atoms with Crippen molar-refractivity contribution in [2.75, 3.05) is 10.6 Å². The summed E-state index contributed by atoms with van der Waals surface area (Å²) in [5.41, 5.74) is 2.10. The van der Waals surface area contributed by atoms with Gasteiger partial charge in [-0.15, -0.1) is 22.7 Å². The average Bonchev–Trinajstić information content (AvgIpc) is 3.69. The van der Waals surface area contributed by atoms with Crippen molar-refractivity contribution in [3.8, 4) is 10.4 Å². The minimum absolute atomic E-state index is 0.292. The Morgan fingerprint density at radius 1 is 0.633 bits per heavy atom. The number of nitrogens with one attached hydrogen (secondary N) is 2.